The van der Waals surface area contributed by atoms with Gasteiger partial charge in [0.15, 0.2) is 0 Å². The van der Waals surface area contributed by atoms with Gasteiger partial charge in [0.25, 0.3) is 0 Å². The predicted octanol–water partition coefficient (Wildman–Crippen LogP) is 3.40. The molecule has 0 aliphatic heterocycles. The summed E-state index contributed by atoms with van der Waals surface area (Å²) in [4.78, 5) is 2.29. The van der Waals surface area contributed by atoms with E-state index in [2.05, 4.69) is 68.3 Å². The molecule has 0 aliphatic carbocycles. The molecule has 0 unspecified atom stereocenters. The summed E-state index contributed by atoms with van der Waals surface area (Å²) in [5.74, 6) is 0. The van der Waals surface area contributed by atoms with Crippen LogP contribution in [0.3, 0.4) is 0 Å². The molecule has 0 saturated carbocycles. The van der Waals surface area contributed by atoms with Gasteiger partial charge in [0.2, 0.25) is 0 Å². The molecule has 0 atom stereocenters. The topological polar surface area (TPSA) is 29.3 Å². The monoisotopic (exact) mass is 254 g/mol. The average Bonchev–Trinajstić information content (AvgIpc) is 2.40. The van der Waals surface area contributed by atoms with Crippen molar-refractivity contribution in [2.75, 3.05) is 11.9 Å². The predicted molar refractivity (Wildman–Crippen MR) is 82.4 cm³/mol. The van der Waals surface area contributed by atoms with Crippen molar-refractivity contribution in [2.24, 2.45) is 5.73 Å². The van der Waals surface area contributed by atoms with E-state index in [-0.39, 0.29) is 0 Å². The highest BCUT2D eigenvalue weighted by Gasteiger charge is 2.10. The first-order valence-corrected chi connectivity index (χ1v) is 6.67. The number of para-hydroxylation sites is 1. The fourth-order valence-electron chi connectivity index (χ4n) is 2.55. The lowest BCUT2D eigenvalue weighted by molar-refractivity contribution is 0.891. The van der Waals surface area contributed by atoms with Gasteiger partial charge < -0.3 is 10.6 Å². The fraction of sp³-hybridized carbons (Fsp3) is 0.294. The summed E-state index contributed by atoms with van der Waals surface area (Å²) in [7, 11) is 2.13. The summed E-state index contributed by atoms with van der Waals surface area (Å²) >= 11 is 0. The maximum atomic E-state index is 5.85. The zero-order valence-electron chi connectivity index (χ0n) is 12.0. The van der Waals surface area contributed by atoms with Gasteiger partial charge in [0.05, 0.1) is 0 Å². The van der Waals surface area contributed by atoms with Crippen LogP contribution in [0.5, 0.6) is 0 Å². The van der Waals surface area contributed by atoms with Gasteiger partial charge in [0, 0.05) is 25.8 Å². The minimum Gasteiger partial charge on any atom is -0.370 e. The molecule has 0 radical (unpaired) electrons. The minimum absolute atomic E-state index is 0.578. The molecule has 2 nitrogen and oxygen atoms in total. The lowest BCUT2D eigenvalue weighted by Crippen LogP contribution is -2.20. The van der Waals surface area contributed by atoms with Crippen LogP contribution in [0.15, 0.2) is 42.5 Å². The van der Waals surface area contributed by atoms with E-state index in [9.17, 15) is 0 Å². The van der Waals surface area contributed by atoms with Crippen LogP contribution in [0.2, 0.25) is 0 Å². The number of anilines is 1. The van der Waals surface area contributed by atoms with Crippen molar-refractivity contribution in [3.63, 3.8) is 0 Å². The van der Waals surface area contributed by atoms with Gasteiger partial charge in [-0.2, -0.15) is 0 Å². The summed E-state index contributed by atoms with van der Waals surface area (Å²) < 4.78 is 0. The van der Waals surface area contributed by atoms with Crippen LogP contribution in [-0.2, 0) is 13.1 Å². The molecule has 2 N–H and O–H groups in total. The van der Waals surface area contributed by atoms with Crippen molar-refractivity contribution in [1.82, 2.24) is 0 Å². The standard InChI is InChI=1S/C17H22N2/c1-13-7-4-5-9-16(13)12-19(3)17-14(2)8-6-10-15(17)11-18/h4-10H,11-12,18H2,1-3H3. The molecule has 0 aromatic heterocycles. The van der Waals surface area contributed by atoms with Crippen LogP contribution in [0.1, 0.15) is 22.3 Å². The van der Waals surface area contributed by atoms with Crippen molar-refractivity contribution < 1.29 is 0 Å². The van der Waals surface area contributed by atoms with E-state index in [1.807, 2.05) is 0 Å². The maximum absolute atomic E-state index is 5.85. The van der Waals surface area contributed by atoms with E-state index in [1.54, 1.807) is 0 Å². The summed E-state index contributed by atoms with van der Waals surface area (Å²) in [6.07, 6.45) is 0. The highest BCUT2D eigenvalue weighted by atomic mass is 15.1. The van der Waals surface area contributed by atoms with Gasteiger partial charge in [-0.3, -0.25) is 0 Å². The largest absolute Gasteiger partial charge is 0.370 e. The molecule has 0 amide bonds. The van der Waals surface area contributed by atoms with Gasteiger partial charge in [0.1, 0.15) is 0 Å². The normalized spacial score (nSPS) is 10.5. The quantitative estimate of drug-likeness (QED) is 0.906. The van der Waals surface area contributed by atoms with Crippen LogP contribution >= 0.6 is 0 Å². The molecule has 0 saturated heterocycles. The molecule has 0 aliphatic rings. The number of aryl methyl sites for hydroxylation is 2. The number of hydrogen-bond acceptors (Lipinski definition) is 2. The maximum Gasteiger partial charge on any atom is 0.0441 e. The third kappa shape index (κ3) is 2.96. The molecular weight excluding hydrogens is 232 g/mol. The zero-order chi connectivity index (χ0) is 13.8. The Morgan fingerprint density at radius 3 is 2.21 bits per heavy atom. The van der Waals surface area contributed by atoms with Crippen molar-refractivity contribution >= 4 is 5.69 Å². The number of benzene rings is 2. The van der Waals surface area contributed by atoms with Crippen LogP contribution in [0.4, 0.5) is 5.69 Å². The van der Waals surface area contributed by atoms with E-state index >= 15 is 0 Å². The summed E-state index contributed by atoms with van der Waals surface area (Å²) in [5.41, 5.74) is 12.3. The van der Waals surface area contributed by atoms with E-state index in [4.69, 9.17) is 5.73 Å². The van der Waals surface area contributed by atoms with Gasteiger partial charge in [-0.05, 0) is 36.1 Å². The highest BCUT2D eigenvalue weighted by molar-refractivity contribution is 5.59. The molecule has 0 fully saturated rings. The zero-order valence-corrected chi connectivity index (χ0v) is 12.0. The summed E-state index contributed by atoms with van der Waals surface area (Å²) in [6.45, 7) is 5.79. The molecule has 0 heterocycles. The number of nitrogens with zero attached hydrogens (tertiary/aromatic N) is 1. The smallest absolute Gasteiger partial charge is 0.0441 e. The van der Waals surface area contributed by atoms with Gasteiger partial charge in [-0.15, -0.1) is 0 Å². The Labute approximate surface area is 115 Å². The third-order valence-corrected chi connectivity index (χ3v) is 3.59. The SMILES string of the molecule is Cc1ccccc1CN(C)c1c(C)cccc1CN. The molecule has 0 bridgehead atoms. The molecule has 2 rings (SSSR count). The van der Waals surface area contributed by atoms with Crippen LogP contribution in [0, 0.1) is 13.8 Å². The Morgan fingerprint density at radius 1 is 0.895 bits per heavy atom. The number of rotatable bonds is 4. The molecule has 0 spiro atoms. The van der Waals surface area contributed by atoms with Crippen molar-refractivity contribution in [3.8, 4) is 0 Å². The Kier molecular flexibility index (Phi) is 4.23. The van der Waals surface area contributed by atoms with Crippen LogP contribution in [0.25, 0.3) is 0 Å². The molecular formula is C17H22N2. The molecule has 2 aromatic carbocycles. The van der Waals surface area contributed by atoms with Gasteiger partial charge >= 0.3 is 0 Å². The van der Waals surface area contributed by atoms with E-state index < -0.39 is 0 Å². The second-order valence-electron chi connectivity index (χ2n) is 5.07. The Morgan fingerprint density at radius 2 is 1.53 bits per heavy atom. The lowest BCUT2D eigenvalue weighted by atomic mass is 10.0. The molecule has 2 aromatic rings. The van der Waals surface area contributed by atoms with Crippen molar-refractivity contribution in [1.29, 1.82) is 0 Å². The van der Waals surface area contributed by atoms with Crippen molar-refractivity contribution in [2.45, 2.75) is 26.9 Å². The number of nitrogens with two attached hydrogens (primary N) is 1. The van der Waals surface area contributed by atoms with Gasteiger partial charge in [-0.1, -0.05) is 42.5 Å². The first-order chi connectivity index (χ1) is 9.13. The van der Waals surface area contributed by atoms with E-state index in [0.29, 0.717) is 6.54 Å². The van der Waals surface area contributed by atoms with Crippen LogP contribution < -0.4 is 10.6 Å². The first-order valence-electron chi connectivity index (χ1n) is 6.67. The van der Waals surface area contributed by atoms with Crippen LogP contribution in [-0.4, -0.2) is 7.05 Å². The Hall–Kier alpha value is -1.80. The highest BCUT2D eigenvalue weighted by Crippen LogP contribution is 2.25. The summed E-state index contributed by atoms with van der Waals surface area (Å²) in [5, 5.41) is 0. The minimum atomic E-state index is 0.578. The molecule has 100 valence electrons. The van der Waals surface area contributed by atoms with E-state index in [1.165, 1.54) is 27.9 Å². The fourth-order valence-corrected chi connectivity index (χ4v) is 2.55. The number of hydrogen-bond donors (Lipinski definition) is 1. The second kappa shape index (κ2) is 5.89. The Bertz CT molecular complexity index is 561. The first kappa shape index (κ1) is 13.6. The van der Waals surface area contributed by atoms with E-state index in [0.717, 1.165) is 6.54 Å². The third-order valence-electron chi connectivity index (χ3n) is 3.59. The average molecular weight is 254 g/mol. The van der Waals surface area contributed by atoms with Gasteiger partial charge in [-0.25, -0.2) is 0 Å². The second-order valence-corrected chi connectivity index (χ2v) is 5.07. The molecule has 19 heavy (non-hydrogen) atoms. The lowest BCUT2D eigenvalue weighted by Gasteiger charge is -2.25. The van der Waals surface area contributed by atoms with Crippen molar-refractivity contribution in [3.05, 3.63) is 64.7 Å². The molecule has 2 heteroatoms. The summed E-state index contributed by atoms with van der Waals surface area (Å²) in [6, 6.07) is 14.8. The Balaban J connectivity index is 2.30.